The molecular weight excluding hydrogens is 393 g/mol. The van der Waals surface area contributed by atoms with Crippen molar-refractivity contribution in [1.29, 1.82) is 0 Å². The summed E-state index contributed by atoms with van der Waals surface area (Å²) in [5, 5.41) is 2.93. The summed E-state index contributed by atoms with van der Waals surface area (Å²) in [5.41, 5.74) is 6.44. The van der Waals surface area contributed by atoms with E-state index in [1.165, 1.54) is 24.3 Å². The Morgan fingerprint density at radius 3 is 2.50 bits per heavy atom. The van der Waals surface area contributed by atoms with Crippen molar-refractivity contribution in [2.45, 2.75) is 6.04 Å². The Kier molecular flexibility index (Phi) is 4.72. The number of nitrogens with zero attached hydrogens (tertiary/aromatic N) is 1. The second-order valence-electron chi connectivity index (χ2n) is 4.01. The van der Waals surface area contributed by atoms with Crippen molar-refractivity contribution in [2.75, 3.05) is 5.32 Å². The summed E-state index contributed by atoms with van der Waals surface area (Å²) in [5.74, 6) is -0.932. The van der Waals surface area contributed by atoms with Crippen LogP contribution in [0.4, 0.5) is 10.1 Å². The van der Waals surface area contributed by atoms with Crippen molar-refractivity contribution in [1.82, 2.24) is 4.98 Å². The number of benzene rings is 1. The fourth-order valence-electron chi connectivity index (χ4n) is 1.62. The summed E-state index contributed by atoms with van der Waals surface area (Å²) in [4.78, 5) is 15.8. The molecule has 1 atom stereocenters. The molecule has 0 fully saturated rings. The Bertz CT molecular complexity index is 634. The highest BCUT2D eigenvalue weighted by Crippen LogP contribution is 2.27. The van der Waals surface area contributed by atoms with Gasteiger partial charge >= 0.3 is 0 Å². The Balaban J connectivity index is 2.31. The Labute approximate surface area is 131 Å². The van der Waals surface area contributed by atoms with Crippen LogP contribution in [0.15, 0.2) is 45.5 Å². The minimum absolute atomic E-state index is 0.353. The molecule has 1 aromatic heterocycles. The van der Waals surface area contributed by atoms with Gasteiger partial charge in [-0.3, -0.25) is 9.78 Å². The fourth-order valence-corrected chi connectivity index (χ4v) is 2.84. The molecule has 2 rings (SSSR count). The molecule has 0 bridgehead atoms. The number of primary amides is 1. The van der Waals surface area contributed by atoms with Crippen molar-refractivity contribution in [3.8, 4) is 0 Å². The standard InChI is InChI=1S/C13H10Br2FN3O/c14-7-5-10(15)11(18-6-7)12(13(17)20)19-9-3-1-8(16)2-4-9/h1-6,12,19H,(H2,17,20). The molecule has 1 heterocycles. The highest BCUT2D eigenvalue weighted by atomic mass is 79.9. The Morgan fingerprint density at radius 2 is 1.95 bits per heavy atom. The highest BCUT2D eigenvalue weighted by Gasteiger charge is 2.22. The van der Waals surface area contributed by atoms with Crippen LogP contribution in [0, 0.1) is 5.82 Å². The van der Waals surface area contributed by atoms with Gasteiger partial charge in [0.05, 0.1) is 5.69 Å². The molecule has 0 aliphatic heterocycles. The summed E-state index contributed by atoms with van der Waals surface area (Å²) in [7, 11) is 0. The number of anilines is 1. The first-order chi connectivity index (χ1) is 9.47. The van der Waals surface area contributed by atoms with Crippen LogP contribution in [0.5, 0.6) is 0 Å². The average molecular weight is 403 g/mol. The molecule has 1 amide bonds. The third-order valence-electron chi connectivity index (χ3n) is 2.55. The molecule has 7 heteroatoms. The van der Waals surface area contributed by atoms with Crippen LogP contribution in [-0.2, 0) is 4.79 Å². The molecule has 0 aliphatic carbocycles. The number of halogens is 3. The lowest BCUT2D eigenvalue weighted by atomic mass is 10.1. The molecule has 0 radical (unpaired) electrons. The number of rotatable bonds is 4. The van der Waals surface area contributed by atoms with Crippen molar-refractivity contribution >= 4 is 43.5 Å². The van der Waals surface area contributed by atoms with Gasteiger partial charge < -0.3 is 11.1 Å². The molecule has 0 aliphatic rings. The van der Waals surface area contributed by atoms with E-state index in [0.717, 1.165) is 4.47 Å². The van der Waals surface area contributed by atoms with Gasteiger partial charge in [0, 0.05) is 20.8 Å². The summed E-state index contributed by atoms with van der Waals surface area (Å²) in [6.45, 7) is 0. The zero-order valence-electron chi connectivity index (χ0n) is 10.1. The van der Waals surface area contributed by atoms with Gasteiger partial charge in [-0.1, -0.05) is 0 Å². The molecule has 20 heavy (non-hydrogen) atoms. The maximum Gasteiger partial charge on any atom is 0.246 e. The first-order valence-corrected chi connectivity index (χ1v) is 7.18. The van der Waals surface area contributed by atoms with Crippen LogP contribution in [0.1, 0.15) is 11.7 Å². The van der Waals surface area contributed by atoms with Crippen LogP contribution < -0.4 is 11.1 Å². The molecule has 1 unspecified atom stereocenters. The topological polar surface area (TPSA) is 68.0 Å². The molecule has 1 aromatic carbocycles. The van der Waals surface area contributed by atoms with Crippen molar-refractivity contribution in [2.24, 2.45) is 5.73 Å². The predicted octanol–water partition coefficient (Wildman–Crippen LogP) is 3.38. The molecule has 0 spiro atoms. The van der Waals surface area contributed by atoms with E-state index in [2.05, 4.69) is 42.2 Å². The van der Waals surface area contributed by atoms with E-state index in [-0.39, 0.29) is 5.82 Å². The minimum atomic E-state index is -0.817. The lowest BCUT2D eigenvalue weighted by molar-refractivity contribution is -0.118. The van der Waals surface area contributed by atoms with Gasteiger partial charge in [-0.05, 0) is 62.2 Å². The number of hydrogen-bond acceptors (Lipinski definition) is 3. The lowest BCUT2D eigenvalue weighted by Gasteiger charge is -2.17. The number of carbonyl (C=O) groups is 1. The zero-order chi connectivity index (χ0) is 14.7. The zero-order valence-corrected chi connectivity index (χ0v) is 13.3. The van der Waals surface area contributed by atoms with Crippen LogP contribution in [0.25, 0.3) is 0 Å². The van der Waals surface area contributed by atoms with E-state index in [1.807, 2.05) is 0 Å². The number of amides is 1. The van der Waals surface area contributed by atoms with Gasteiger partial charge in [-0.2, -0.15) is 0 Å². The van der Waals surface area contributed by atoms with Crippen molar-refractivity contribution in [3.63, 3.8) is 0 Å². The molecule has 4 nitrogen and oxygen atoms in total. The monoisotopic (exact) mass is 401 g/mol. The maximum absolute atomic E-state index is 12.9. The summed E-state index contributed by atoms with van der Waals surface area (Å²) < 4.78 is 14.3. The van der Waals surface area contributed by atoms with E-state index in [0.29, 0.717) is 15.9 Å². The second kappa shape index (κ2) is 6.32. The van der Waals surface area contributed by atoms with E-state index in [1.54, 1.807) is 12.3 Å². The number of nitrogens with two attached hydrogens (primary N) is 1. The van der Waals surface area contributed by atoms with Crippen LogP contribution in [0.3, 0.4) is 0 Å². The van der Waals surface area contributed by atoms with Gasteiger partial charge in [0.2, 0.25) is 5.91 Å². The Hall–Kier alpha value is -1.47. The number of carbonyl (C=O) groups excluding carboxylic acids is 1. The molecule has 0 saturated heterocycles. The predicted molar refractivity (Wildman–Crippen MR) is 81.6 cm³/mol. The summed E-state index contributed by atoms with van der Waals surface area (Å²) >= 11 is 6.63. The van der Waals surface area contributed by atoms with Gasteiger partial charge in [0.1, 0.15) is 11.9 Å². The van der Waals surface area contributed by atoms with Crippen LogP contribution >= 0.6 is 31.9 Å². The Morgan fingerprint density at radius 1 is 1.30 bits per heavy atom. The number of pyridine rings is 1. The summed E-state index contributed by atoms with van der Waals surface area (Å²) in [6.07, 6.45) is 1.57. The quantitative estimate of drug-likeness (QED) is 0.823. The van der Waals surface area contributed by atoms with E-state index < -0.39 is 11.9 Å². The van der Waals surface area contributed by atoms with Gasteiger partial charge in [-0.25, -0.2) is 4.39 Å². The minimum Gasteiger partial charge on any atom is -0.369 e. The average Bonchev–Trinajstić information content (AvgIpc) is 2.39. The first-order valence-electron chi connectivity index (χ1n) is 5.59. The molecule has 104 valence electrons. The van der Waals surface area contributed by atoms with Crippen LogP contribution in [0.2, 0.25) is 0 Å². The number of aromatic nitrogens is 1. The molecule has 0 saturated carbocycles. The normalized spacial score (nSPS) is 11.9. The molecular formula is C13H10Br2FN3O. The second-order valence-corrected chi connectivity index (χ2v) is 5.78. The van der Waals surface area contributed by atoms with Gasteiger partial charge in [0.15, 0.2) is 0 Å². The fraction of sp³-hybridized carbons (Fsp3) is 0.0769. The highest BCUT2D eigenvalue weighted by molar-refractivity contribution is 9.11. The third-order valence-corrected chi connectivity index (χ3v) is 3.62. The SMILES string of the molecule is NC(=O)C(Nc1ccc(F)cc1)c1ncc(Br)cc1Br. The van der Waals surface area contributed by atoms with E-state index in [4.69, 9.17) is 5.73 Å². The van der Waals surface area contributed by atoms with Crippen molar-refractivity contribution < 1.29 is 9.18 Å². The summed E-state index contributed by atoms with van der Waals surface area (Å²) in [6, 6.07) is 6.60. The lowest BCUT2D eigenvalue weighted by Crippen LogP contribution is -2.28. The van der Waals surface area contributed by atoms with E-state index in [9.17, 15) is 9.18 Å². The van der Waals surface area contributed by atoms with Crippen molar-refractivity contribution in [3.05, 3.63) is 57.0 Å². The van der Waals surface area contributed by atoms with Crippen LogP contribution in [-0.4, -0.2) is 10.9 Å². The van der Waals surface area contributed by atoms with Gasteiger partial charge in [-0.15, -0.1) is 0 Å². The smallest absolute Gasteiger partial charge is 0.246 e. The molecule has 2 aromatic rings. The largest absolute Gasteiger partial charge is 0.369 e. The number of nitrogens with one attached hydrogen (secondary N) is 1. The maximum atomic E-state index is 12.9. The van der Waals surface area contributed by atoms with Gasteiger partial charge in [0.25, 0.3) is 0 Å². The number of hydrogen-bond donors (Lipinski definition) is 2. The third kappa shape index (κ3) is 3.55. The molecule has 3 N–H and O–H groups in total. The van der Waals surface area contributed by atoms with E-state index >= 15 is 0 Å². The first kappa shape index (κ1) is 14.9.